The highest BCUT2D eigenvalue weighted by Crippen LogP contribution is 2.34. The van der Waals surface area contributed by atoms with Gasteiger partial charge in [0.2, 0.25) is 0 Å². The van der Waals surface area contributed by atoms with E-state index in [0.717, 1.165) is 12.0 Å². The maximum Gasteiger partial charge on any atom is 0.267 e. The standard InChI is InChI=1S/C25H25ClN2O4S/c1-25(2,32-21-13-10-19(26)11-14-21)24(29)27-20-12-15-23-18(17-20)7-6-16-28(23)33(30,31)22-8-4-3-5-9-22/h3-5,8-15,17H,6-7,16H2,1-2H3,(H,27,29). The minimum atomic E-state index is -3.66. The molecule has 0 spiro atoms. The van der Waals surface area contributed by atoms with Gasteiger partial charge in [-0.25, -0.2) is 8.42 Å². The molecule has 0 aliphatic carbocycles. The molecule has 1 aliphatic heterocycles. The van der Waals surface area contributed by atoms with E-state index in [4.69, 9.17) is 16.3 Å². The fraction of sp³-hybridized carbons (Fsp3) is 0.240. The minimum absolute atomic E-state index is 0.260. The molecule has 1 N–H and O–H groups in total. The van der Waals surface area contributed by atoms with Gasteiger partial charge in [0, 0.05) is 17.3 Å². The first-order valence-electron chi connectivity index (χ1n) is 10.6. The molecule has 172 valence electrons. The normalized spacial score (nSPS) is 13.8. The van der Waals surface area contributed by atoms with E-state index in [2.05, 4.69) is 5.32 Å². The Balaban J connectivity index is 1.53. The van der Waals surface area contributed by atoms with Crippen LogP contribution in [0.4, 0.5) is 11.4 Å². The number of rotatable bonds is 6. The summed E-state index contributed by atoms with van der Waals surface area (Å²) in [5, 5.41) is 3.48. The lowest BCUT2D eigenvalue weighted by molar-refractivity contribution is -0.128. The summed E-state index contributed by atoms with van der Waals surface area (Å²) in [6.07, 6.45) is 1.42. The topological polar surface area (TPSA) is 75.7 Å². The van der Waals surface area contributed by atoms with Crippen LogP contribution in [0.1, 0.15) is 25.8 Å². The van der Waals surface area contributed by atoms with Crippen molar-refractivity contribution in [2.75, 3.05) is 16.2 Å². The van der Waals surface area contributed by atoms with Crippen molar-refractivity contribution in [3.8, 4) is 5.75 Å². The lowest BCUT2D eigenvalue weighted by Crippen LogP contribution is -2.42. The predicted molar refractivity (Wildman–Crippen MR) is 131 cm³/mol. The van der Waals surface area contributed by atoms with Gasteiger partial charge in [0.25, 0.3) is 15.9 Å². The van der Waals surface area contributed by atoms with Gasteiger partial charge < -0.3 is 10.1 Å². The molecule has 0 aromatic heterocycles. The Morgan fingerprint density at radius 1 is 1.03 bits per heavy atom. The summed E-state index contributed by atoms with van der Waals surface area (Å²) < 4.78 is 33.6. The van der Waals surface area contributed by atoms with Crippen LogP contribution < -0.4 is 14.4 Å². The molecule has 0 atom stereocenters. The Hall–Kier alpha value is -3.03. The fourth-order valence-electron chi connectivity index (χ4n) is 3.73. The molecule has 4 rings (SSSR count). The number of carbonyl (C=O) groups is 1. The van der Waals surface area contributed by atoms with Gasteiger partial charge in [0.1, 0.15) is 5.75 Å². The molecule has 0 radical (unpaired) electrons. The van der Waals surface area contributed by atoms with Crippen LogP contribution >= 0.6 is 11.6 Å². The van der Waals surface area contributed by atoms with Crippen molar-refractivity contribution in [1.29, 1.82) is 0 Å². The Morgan fingerprint density at radius 2 is 1.73 bits per heavy atom. The fourth-order valence-corrected chi connectivity index (χ4v) is 5.42. The molecule has 1 amide bonds. The monoisotopic (exact) mass is 484 g/mol. The van der Waals surface area contributed by atoms with Crippen molar-refractivity contribution in [3.05, 3.63) is 83.4 Å². The zero-order chi connectivity index (χ0) is 23.6. The van der Waals surface area contributed by atoms with Gasteiger partial charge in [0.05, 0.1) is 10.6 Å². The average molecular weight is 485 g/mol. The van der Waals surface area contributed by atoms with Gasteiger partial charge in [-0.15, -0.1) is 0 Å². The minimum Gasteiger partial charge on any atom is -0.478 e. The quantitative estimate of drug-likeness (QED) is 0.516. The molecule has 6 nitrogen and oxygen atoms in total. The summed E-state index contributed by atoms with van der Waals surface area (Å²) in [5.41, 5.74) is 0.965. The number of hydrogen-bond acceptors (Lipinski definition) is 4. The molecule has 1 aliphatic rings. The molecule has 3 aromatic rings. The molecule has 0 saturated heterocycles. The van der Waals surface area contributed by atoms with Gasteiger partial charge >= 0.3 is 0 Å². The third-order valence-electron chi connectivity index (χ3n) is 5.48. The first-order chi connectivity index (χ1) is 15.7. The van der Waals surface area contributed by atoms with Crippen molar-refractivity contribution in [2.24, 2.45) is 0 Å². The smallest absolute Gasteiger partial charge is 0.267 e. The number of ether oxygens (including phenoxy) is 1. The molecule has 0 unspecified atom stereocenters. The van der Waals surface area contributed by atoms with Crippen LogP contribution in [0, 0.1) is 0 Å². The number of anilines is 2. The van der Waals surface area contributed by atoms with Crippen LogP contribution in [0.15, 0.2) is 77.7 Å². The highest BCUT2D eigenvalue weighted by atomic mass is 35.5. The Bertz CT molecular complexity index is 1260. The number of nitrogens with zero attached hydrogens (tertiary/aromatic N) is 1. The highest BCUT2D eigenvalue weighted by Gasteiger charge is 2.32. The zero-order valence-corrected chi connectivity index (χ0v) is 20.0. The van der Waals surface area contributed by atoms with Crippen LogP contribution in [0.5, 0.6) is 5.75 Å². The van der Waals surface area contributed by atoms with E-state index in [-0.39, 0.29) is 10.8 Å². The highest BCUT2D eigenvalue weighted by molar-refractivity contribution is 7.92. The number of benzene rings is 3. The molecule has 3 aromatic carbocycles. The van der Waals surface area contributed by atoms with Crippen LogP contribution in [0.3, 0.4) is 0 Å². The van der Waals surface area contributed by atoms with Crippen LogP contribution in [-0.2, 0) is 21.2 Å². The number of halogens is 1. The van der Waals surface area contributed by atoms with Gasteiger partial charge in [-0.2, -0.15) is 0 Å². The lowest BCUT2D eigenvalue weighted by atomic mass is 10.0. The maximum atomic E-state index is 13.2. The average Bonchev–Trinajstić information content (AvgIpc) is 2.80. The largest absolute Gasteiger partial charge is 0.478 e. The molecule has 33 heavy (non-hydrogen) atoms. The number of sulfonamides is 1. The van der Waals surface area contributed by atoms with E-state index in [1.54, 1.807) is 80.6 Å². The van der Waals surface area contributed by atoms with Crippen LogP contribution in [-0.4, -0.2) is 26.5 Å². The van der Waals surface area contributed by atoms with E-state index in [1.807, 2.05) is 6.07 Å². The number of amides is 1. The van der Waals surface area contributed by atoms with E-state index < -0.39 is 15.6 Å². The number of carbonyl (C=O) groups excluding carboxylic acids is 1. The molecule has 1 heterocycles. The Morgan fingerprint density at radius 3 is 2.42 bits per heavy atom. The van der Waals surface area contributed by atoms with Gasteiger partial charge in [-0.1, -0.05) is 29.8 Å². The molecule has 8 heteroatoms. The molecule has 0 bridgehead atoms. The van der Waals surface area contributed by atoms with Crippen molar-refractivity contribution in [3.63, 3.8) is 0 Å². The van der Waals surface area contributed by atoms with E-state index in [0.29, 0.717) is 35.1 Å². The zero-order valence-electron chi connectivity index (χ0n) is 18.4. The molecular formula is C25H25ClN2O4S. The van der Waals surface area contributed by atoms with Crippen LogP contribution in [0.2, 0.25) is 5.02 Å². The second-order valence-corrected chi connectivity index (χ2v) is 10.7. The second-order valence-electron chi connectivity index (χ2n) is 8.36. The number of nitrogens with one attached hydrogen (secondary N) is 1. The molecule has 0 fully saturated rings. The SMILES string of the molecule is CC(C)(Oc1ccc(Cl)cc1)C(=O)Nc1ccc2c(c1)CCCN2S(=O)(=O)c1ccccc1. The number of fused-ring (bicyclic) bond motifs is 1. The van der Waals surface area contributed by atoms with E-state index in [9.17, 15) is 13.2 Å². The summed E-state index contributed by atoms with van der Waals surface area (Å²) in [7, 11) is -3.66. The molecule has 0 saturated carbocycles. The van der Waals surface area contributed by atoms with Gasteiger partial charge in [0.15, 0.2) is 5.60 Å². The predicted octanol–water partition coefficient (Wildman–Crippen LogP) is 5.28. The summed E-state index contributed by atoms with van der Waals surface area (Å²) in [6.45, 7) is 3.78. The first kappa shape index (κ1) is 23.1. The summed E-state index contributed by atoms with van der Waals surface area (Å²) in [5.74, 6) is 0.216. The number of aryl methyl sites for hydroxylation is 1. The van der Waals surface area contributed by atoms with Gasteiger partial charge in [-0.3, -0.25) is 9.10 Å². The first-order valence-corrected chi connectivity index (χ1v) is 12.5. The summed E-state index contributed by atoms with van der Waals surface area (Å²) in [6, 6.07) is 20.5. The molecular weight excluding hydrogens is 460 g/mol. The van der Waals surface area contributed by atoms with Crippen molar-refractivity contribution in [1.82, 2.24) is 0 Å². The Labute approximate surface area is 199 Å². The third kappa shape index (κ3) is 4.99. The lowest BCUT2D eigenvalue weighted by Gasteiger charge is -2.31. The summed E-state index contributed by atoms with van der Waals surface area (Å²) in [4.78, 5) is 13.2. The second kappa shape index (κ2) is 9.08. The van der Waals surface area contributed by atoms with Crippen molar-refractivity contribution < 1.29 is 17.9 Å². The van der Waals surface area contributed by atoms with E-state index >= 15 is 0 Å². The summed E-state index contributed by atoms with van der Waals surface area (Å²) >= 11 is 5.91. The van der Waals surface area contributed by atoms with Crippen molar-refractivity contribution in [2.45, 2.75) is 37.2 Å². The van der Waals surface area contributed by atoms with Gasteiger partial charge in [-0.05, 0) is 86.8 Å². The third-order valence-corrected chi connectivity index (χ3v) is 7.56. The van der Waals surface area contributed by atoms with E-state index in [1.165, 1.54) is 4.31 Å². The Kier molecular flexibility index (Phi) is 6.36. The van der Waals surface area contributed by atoms with Crippen molar-refractivity contribution >= 4 is 38.9 Å². The van der Waals surface area contributed by atoms with Crippen LogP contribution in [0.25, 0.3) is 0 Å². The number of hydrogen-bond donors (Lipinski definition) is 1. The maximum absolute atomic E-state index is 13.2.